The predicted molar refractivity (Wildman–Crippen MR) is 70.3 cm³/mol. The quantitative estimate of drug-likeness (QED) is 0.719. The van der Waals surface area contributed by atoms with Crippen LogP contribution in [0.4, 0.5) is 0 Å². The Morgan fingerprint density at radius 3 is 2.61 bits per heavy atom. The molecule has 0 aliphatic carbocycles. The highest BCUT2D eigenvalue weighted by Crippen LogP contribution is 2.17. The Morgan fingerprint density at radius 2 is 2.00 bits per heavy atom. The molecule has 0 aromatic heterocycles. The normalized spacial score (nSPS) is 13.9. The summed E-state index contributed by atoms with van der Waals surface area (Å²) in [5.74, 6) is 0.161. The van der Waals surface area contributed by atoms with Crippen molar-refractivity contribution in [2.24, 2.45) is 0 Å². The van der Waals surface area contributed by atoms with Crippen LogP contribution in [-0.2, 0) is 11.2 Å². The second kappa shape index (κ2) is 7.01. The largest absolute Gasteiger partial charge is 0.508 e. The van der Waals surface area contributed by atoms with E-state index >= 15 is 0 Å². The van der Waals surface area contributed by atoms with E-state index < -0.39 is 6.10 Å². The number of rotatable bonds is 6. The van der Waals surface area contributed by atoms with Crippen LogP contribution < -0.4 is 5.32 Å². The summed E-state index contributed by atoms with van der Waals surface area (Å²) in [7, 11) is 0. The van der Waals surface area contributed by atoms with Gasteiger partial charge in [0.25, 0.3) is 0 Å². The third-order valence-corrected chi connectivity index (χ3v) is 2.72. The van der Waals surface area contributed by atoms with E-state index in [-0.39, 0.29) is 17.7 Å². The van der Waals surface area contributed by atoms with Crippen molar-refractivity contribution in [3.8, 4) is 5.75 Å². The molecule has 1 amide bonds. The molecule has 1 rings (SSSR count). The van der Waals surface area contributed by atoms with E-state index in [4.69, 9.17) is 0 Å². The van der Waals surface area contributed by atoms with Gasteiger partial charge in [-0.05, 0) is 38.3 Å². The maximum atomic E-state index is 11.6. The standard InChI is InChI=1S/C14H21NO3/c1-10(9-11(2)16)15-14(18)8-7-12-5-3-4-6-13(12)17/h3-6,10-11,16-17H,7-9H2,1-2H3,(H,15,18). The Bertz CT molecular complexity index is 390. The van der Waals surface area contributed by atoms with E-state index in [0.29, 0.717) is 19.3 Å². The van der Waals surface area contributed by atoms with Crippen LogP contribution >= 0.6 is 0 Å². The van der Waals surface area contributed by atoms with Gasteiger partial charge in [0, 0.05) is 12.5 Å². The van der Waals surface area contributed by atoms with Crippen LogP contribution in [0.2, 0.25) is 0 Å². The lowest BCUT2D eigenvalue weighted by atomic mass is 10.1. The summed E-state index contributed by atoms with van der Waals surface area (Å²) in [6.07, 6.45) is 0.975. The lowest BCUT2D eigenvalue weighted by molar-refractivity contribution is -0.121. The number of hydrogen-bond donors (Lipinski definition) is 3. The van der Waals surface area contributed by atoms with Crippen molar-refractivity contribution < 1.29 is 15.0 Å². The highest BCUT2D eigenvalue weighted by molar-refractivity contribution is 5.76. The predicted octanol–water partition coefficient (Wildman–Crippen LogP) is 1.60. The highest BCUT2D eigenvalue weighted by atomic mass is 16.3. The average molecular weight is 251 g/mol. The van der Waals surface area contributed by atoms with E-state index in [0.717, 1.165) is 5.56 Å². The van der Waals surface area contributed by atoms with Gasteiger partial charge in [-0.25, -0.2) is 0 Å². The van der Waals surface area contributed by atoms with Gasteiger partial charge in [-0.1, -0.05) is 18.2 Å². The molecule has 1 aromatic rings. The minimum Gasteiger partial charge on any atom is -0.508 e. The van der Waals surface area contributed by atoms with Gasteiger partial charge in [-0.2, -0.15) is 0 Å². The SMILES string of the molecule is CC(O)CC(C)NC(=O)CCc1ccccc1O. The molecule has 0 bridgehead atoms. The average Bonchev–Trinajstić information content (AvgIpc) is 2.26. The van der Waals surface area contributed by atoms with Crippen molar-refractivity contribution in [2.75, 3.05) is 0 Å². The van der Waals surface area contributed by atoms with Gasteiger partial charge < -0.3 is 15.5 Å². The molecule has 0 aliphatic rings. The smallest absolute Gasteiger partial charge is 0.220 e. The molecule has 0 radical (unpaired) electrons. The van der Waals surface area contributed by atoms with Crippen LogP contribution in [0, 0.1) is 0 Å². The van der Waals surface area contributed by atoms with Crippen LogP contribution in [0.25, 0.3) is 0 Å². The molecule has 2 unspecified atom stereocenters. The molecule has 0 saturated carbocycles. The zero-order chi connectivity index (χ0) is 13.5. The number of aryl methyl sites for hydroxylation is 1. The minimum absolute atomic E-state index is 0.0399. The molecule has 0 aliphatic heterocycles. The summed E-state index contributed by atoms with van der Waals surface area (Å²) in [5.41, 5.74) is 0.774. The molecule has 0 heterocycles. The fraction of sp³-hybridized carbons (Fsp3) is 0.500. The first-order valence-corrected chi connectivity index (χ1v) is 6.23. The van der Waals surface area contributed by atoms with Crippen LogP contribution in [0.15, 0.2) is 24.3 Å². The molecular weight excluding hydrogens is 230 g/mol. The molecule has 4 heteroatoms. The van der Waals surface area contributed by atoms with Crippen LogP contribution in [0.1, 0.15) is 32.3 Å². The minimum atomic E-state index is -0.418. The summed E-state index contributed by atoms with van der Waals surface area (Å²) in [5, 5.41) is 21.6. The van der Waals surface area contributed by atoms with Gasteiger partial charge in [0.05, 0.1) is 6.10 Å². The van der Waals surface area contributed by atoms with Crippen molar-refractivity contribution in [3.63, 3.8) is 0 Å². The van der Waals surface area contributed by atoms with Gasteiger partial charge in [-0.15, -0.1) is 0 Å². The number of carbonyl (C=O) groups is 1. The van der Waals surface area contributed by atoms with Crippen molar-refractivity contribution in [1.29, 1.82) is 0 Å². The fourth-order valence-corrected chi connectivity index (χ4v) is 1.89. The molecule has 0 spiro atoms. The number of aromatic hydroxyl groups is 1. The Hall–Kier alpha value is -1.55. The summed E-state index contributed by atoms with van der Waals surface area (Å²) in [4.78, 5) is 11.6. The van der Waals surface area contributed by atoms with Crippen molar-refractivity contribution >= 4 is 5.91 Å². The highest BCUT2D eigenvalue weighted by Gasteiger charge is 2.10. The molecule has 3 N–H and O–H groups in total. The summed E-state index contributed by atoms with van der Waals surface area (Å²) in [6.45, 7) is 3.56. The summed E-state index contributed by atoms with van der Waals surface area (Å²) < 4.78 is 0. The molecule has 100 valence electrons. The number of para-hydroxylation sites is 1. The van der Waals surface area contributed by atoms with Gasteiger partial charge in [0.2, 0.25) is 5.91 Å². The van der Waals surface area contributed by atoms with E-state index in [9.17, 15) is 15.0 Å². The lowest BCUT2D eigenvalue weighted by Crippen LogP contribution is -2.34. The van der Waals surface area contributed by atoms with E-state index in [1.807, 2.05) is 19.1 Å². The number of carbonyl (C=O) groups excluding carboxylic acids is 1. The molecule has 2 atom stereocenters. The third kappa shape index (κ3) is 5.19. The number of benzene rings is 1. The Morgan fingerprint density at radius 1 is 1.33 bits per heavy atom. The molecule has 18 heavy (non-hydrogen) atoms. The zero-order valence-electron chi connectivity index (χ0n) is 10.9. The lowest BCUT2D eigenvalue weighted by Gasteiger charge is -2.15. The van der Waals surface area contributed by atoms with Crippen LogP contribution in [-0.4, -0.2) is 28.3 Å². The molecular formula is C14H21NO3. The van der Waals surface area contributed by atoms with Gasteiger partial charge in [-0.3, -0.25) is 4.79 Å². The number of amides is 1. The topological polar surface area (TPSA) is 69.6 Å². The first-order chi connectivity index (χ1) is 8.49. The summed E-state index contributed by atoms with van der Waals surface area (Å²) >= 11 is 0. The number of phenolic OH excluding ortho intramolecular Hbond substituents is 1. The number of aliphatic hydroxyl groups excluding tert-OH is 1. The number of nitrogens with one attached hydrogen (secondary N) is 1. The maximum absolute atomic E-state index is 11.6. The Kier molecular flexibility index (Phi) is 5.65. The Labute approximate surface area is 108 Å². The Balaban J connectivity index is 2.35. The maximum Gasteiger partial charge on any atom is 0.220 e. The number of aliphatic hydroxyl groups is 1. The third-order valence-electron chi connectivity index (χ3n) is 2.72. The first-order valence-electron chi connectivity index (χ1n) is 6.23. The summed E-state index contributed by atoms with van der Waals surface area (Å²) in [6, 6.07) is 6.97. The van der Waals surface area contributed by atoms with Crippen LogP contribution in [0.5, 0.6) is 5.75 Å². The van der Waals surface area contributed by atoms with Crippen molar-refractivity contribution in [2.45, 2.75) is 45.3 Å². The van der Waals surface area contributed by atoms with Crippen molar-refractivity contribution in [3.05, 3.63) is 29.8 Å². The van der Waals surface area contributed by atoms with E-state index in [1.54, 1.807) is 19.1 Å². The van der Waals surface area contributed by atoms with Crippen LogP contribution in [0.3, 0.4) is 0 Å². The van der Waals surface area contributed by atoms with Gasteiger partial charge >= 0.3 is 0 Å². The molecule has 4 nitrogen and oxygen atoms in total. The second-order valence-corrected chi connectivity index (χ2v) is 4.68. The number of phenols is 1. The second-order valence-electron chi connectivity index (χ2n) is 4.68. The monoisotopic (exact) mass is 251 g/mol. The van der Waals surface area contributed by atoms with Gasteiger partial charge in [0.15, 0.2) is 0 Å². The fourth-order valence-electron chi connectivity index (χ4n) is 1.89. The molecule has 1 aromatic carbocycles. The van der Waals surface area contributed by atoms with Gasteiger partial charge in [0.1, 0.15) is 5.75 Å². The van der Waals surface area contributed by atoms with E-state index in [2.05, 4.69) is 5.32 Å². The number of hydrogen-bond acceptors (Lipinski definition) is 3. The van der Waals surface area contributed by atoms with Crippen molar-refractivity contribution in [1.82, 2.24) is 5.32 Å². The first kappa shape index (κ1) is 14.5. The van der Waals surface area contributed by atoms with E-state index in [1.165, 1.54) is 0 Å². The zero-order valence-corrected chi connectivity index (χ0v) is 10.9. The molecule has 0 saturated heterocycles. The molecule has 0 fully saturated rings.